The number of amides is 1. The van der Waals surface area contributed by atoms with Crippen LogP contribution in [0.15, 0.2) is 65.8 Å². The molecule has 0 radical (unpaired) electrons. The Bertz CT molecular complexity index is 880. The van der Waals surface area contributed by atoms with E-state index in [2.05, 4.69) is 21.7 Å². The van der Waals surface area contributed by atoms with Gasteiger partial charge >= 0.3 is 0 Å². The standard InChI is InChI=1S/C21H24N4OS/c1-4-25-19(18-13-9-6-10-14-18)22-23-21(25)27-16(2)20(26)24(3)15-17-11-7-5-8-12-17/h5-14,16H,4,15H2,1-3H3. The molecule has 6 heteroatoms. The summed E-state index contributed by atoms with van der Waals surface area (Å²) in [5, 5.41) is 9.21. The van der Waals surface area contributed by atoms with Crippen molar-refractivity contribution in [2.45, 2.75) is 37.3 Å². The van der Waals surface area contributed by atoms with Crippen LogP contribution in [0.2, 0.25) is 0 Å². The van der Waals surface area contributed by atoms with Crippen molar-refractivity contribution in [2.24, 2.45) is 0 Å². The van der Waals surface area contributed by atoms with E-state index in [9.17, 15) is 4.79 Å². The normalized spacial score (nSPS) is 12.0. The van der Waals surface area contributed by atoms with E-state index >= 15 is 0 Å². The Kier molecular flexibility index (Phi) is 6.29. The number of carbonyl (C=O) groups excluding carboxylic acids is 1. The molecule has 0 spiro atoms. The summed E-state index contributed by atoms with van der Waals surface area (Å²) in [6.07, 6.45) is 0. The van der Waals surface area contributed by atoms with E-state index in [1.165, 1.54) is 11.8 Å². The molecule has 0 fully saturated rings. The van der Waals surface area contributed by atoms with Crippen LogP contribution in [-0.2, 0) is 17.9 Å². The van der Waals surface area contributed by atoms with Gasteiger partial charge in [0.2, 0.25) is 5.91 Å². The first-order valence-corrected chi connectivity index (χ1v) is 9.92. The van der Waals surface area contributed by atoms with Gasteiger partial charge in [-0.15, -0.1) is 10.2 Å². The second kappa shape index (κ2) is 8.86. The van der Waals surface area contributed by atoms with Crippen LogP contribution in [0.1, 0.15) is 19.4 Å². The molecule has 0 aliphatic carbocycles. The summed E-state index contributed by atoms with van der Waals surface area (Å²) in [6.45, 7) is 5.33. The minimum Gasteiger partial charge on any atom is -0.340 e. The van der Waals surface area contributed by atoms with Crippen molar-refractivity contribution in [3.05, 3.63) is 66.2 Å². The Morgan fingerprint density at radius 3 is 2.33 bits per heavy atom. The summed E-state index contributed by atoms with van der Waals surface area (Å²) < 4.78 is 2.06. The fourth-order valence-electron chi connectivity index (χ4n) is 2.92. The summed E-state index contributed by atoms with van der Waals surface area (Å²) in [5.74, 6) is 0.911. The summed E-state index contributed by atoms with van der Waals surface area (Å²) in [4.78, 5) is 14.5. The van der Waals surface area contributed by atoms with Gasteiger partial charge in [-0.05, 0) is 19.4 Å². The predicted molar refractivity (Wildman–Crippen MR) is 109 cm³/mol. The lowest BCUT2D eigenvalue weighted by Gasteiger charge is -2.21. The van der Waals surface area contributed by atoms with E-state index in [1.54, 1.807) is 4.90 Å². The zero-order chi connectivity index (χ0) is 19.2. The van der Waals surface area contributed by atoms with Crippen molar-refractivity contribution < 1.29 is 4.79 Å². The van der Waals surface area contributed by atoms with Crippen LogP contribution in [0.3, 0.4) is 0 Å². The summed E-state index contributed by atoms with van der Waals surface area (Å²) in [5.41, 5.74) is 2.15. The minimum absolute atomic E-state index is 0.0794. The topological polar surface area (TPSA) is 51.0 Å². The van der Waals surface area contributed by atoms with Crippen LogP contribution in [0.25, 0.3) is 11.4 Å². The Balaban J connectivity index is 1.71. The number of rotatable bonds is 7. The summed E-state index contributed by atoms with van der Waals surface area (Å²) in [6, 6.07) is 20.0. The molecule has 5 nitrogen and oxygen atoms in total. The molecule has 1 aromatic heterocycles. The third-order valence-electron chi connectivity index (χ3n) is 4.33. The Labute approximate surface area is 164 Å². The van der Waals surface area contributed by atoms with Crippen LogP contribution < -0.4 is 0 Å². The first kappa shape index (κ1) is 19.2. The number of nitrogens with zero attached hydrogens (tertiary/aromatic N) is 4. The molecule has 3 rings (SSSR count). The Hall–Kier alpha value is -2.60. The van der Waals surface area contributed by atoms with Gasteiger partial charge in [-0.1, -0.05) is 72.4 Å². The van der Waals surface area contributed by atoms with Gasteiger partial charge in [0.15, 0.2) is 11.0 Å². The van der Waals surface area contributed by atoms with Gasteiger partial charge in [0.1, 0.15) is 0 Å². The quantitative estimate of drug-likeness (QED) is 0.579. The Morgan fingerprint density at radius 1 is 1.07 bits per heavy atom. The van der Waals surface area contributed by atoms with Gasteiger partial charge in [-0.25, -0.2) is 0 Å². The van der Waals surface area contributed by atoms with Crippen LogP contribution in [0.4, 0.5) is 0 Å². The maximum atomic E-state index is 12.8. The number of benzene rings is 2. The summed E-state index contributed by atoms with van der Waals surface area (Å²) in [7, 11) is 1.84. The molecule has 3 aromatic rings. The van der Waals surface area contributed by atoms with Crippen LogP contribution >= 0.6 is 11.8 Å². The second-order valence-corrected chi connectivity index (χ2v) is 7.66. The number of carbonyl (C=O) groups is 1. The molecule has 27 heavy (non-hydrogen) atoms. The first-order chi connectivity index (χ1) is 13.1. The molecule has 1 amide bonds. The van der Waals surface area contributed by atoms with Crippen LogP contribution in [-0.4, -0.2) is 37.9 Å². The lowest BCUT2D eigenvalue weighted by atomic mass is 10.2. The van der Waals surface area contributed by atoms with Gasteiger partial charge in [-0.3, -0.25) is 4.79 Å². The largest absolute Gasteiger partial charge is 0.340 e. The van der Waals surface area contributed by atoms with Crippen molar-refractivity contribution in [3.8, 4) is 11.4 Å². The molecule has 0 saturated heterocycles. The van der Waals surface area contributed by atoms with Crippen molar-refractivity contribution in [1.82, 2.24) is 19.7 Å². The number of thioether (sulfide) groups is 1. The molecular weight excluding hydrogens is 356 g/mol. The second-order valence-electron chi connectivity index (χ2n) is 6.36. The van der Waals surface area contributed by atoms with E-state index in [0.29, 0.717) is 6.54 Å². The van der Waals surface area contributed by atoms with Crippen molar-refractivity contribution in [1.29, 1.82) is 0 Å². The molecule has 0 N–H and O–H groups in total. The molecular formula is C21H24N4OS. The first-order valence-electron chi connectivity index (χ1n) is 9.04. The number of hydrogen-bond donors (Lipinski definition) is 0. The monoisotopic (exact) mass is 380 g/mol. The highest BCUT2D eigenvalue weighted by atomic mass is 32.2. The molecule has 1 atom stereocenters. The lowest BCUT2D eigenvalue weighted by Crippen LogP contribution is -2.33. The molecule has 2 aromatic carbocycles. The molecule has 0 aliphatic rings. The van der Waals surface area contributed by atoms with E-state index in [-0.39, 0.29) is 11.2 Å². The third kappa shape index (κ3) is 4.57. The molecule has 0 saturated carbocycles. The number of hydrogen-bond acceptors (Lipinski definition) is 4. The SMILES string of the molecule is CCn1c(SC(C)C(=O)N(C)Cc2ccccc2)nnc1-c1ccccc1. The molecule has 0 aliphatic heterocycles. The highest BCUT2D eigenvalue weighted by Gasteiger charge is 2.22. The minimum atomic E-state index is -0.239. The van der Waals surface area contributed by atoms with E-state index in [0.717, 1.165) is 28.7 Å². The van der Waals surface area contributed by atoms with E-state index in [4.69, 9.17) is 0 Å². The molecule has 1 unspecified atom stereocenters. The number of aromatic nitrogens is 3. The fourth-order valence-corrected chi connectivity index (χ4v) is 3.94. The predicted octanol–water partition coefficient (Wildman–Crippen LogP) is 4.10. The lowest BCUT2D eigenvalue weighted by molar-refractivity contribution is -0.129. The maximum Gasteiger partial charge on any atom is 0.235 e. The van der Waals surface area contributed by atoms with Crippen LogP contribution in [0, 0.1) is 0 Å². The van der Waals surface area contributed by atoms with Gasteiger partial charge in [0, 0.05) is 25.7 Å². The maximum absolute atomic E-state index is 12.8. The highest BCUT2D eigenvalue weighted by Crippen LogP contribution is 2.27. The average Bonchev–Trinajstić information content (AvgIpc) is 3.11. The smallest absolute Gasteiger partial charge is 0.235 e. The van der Waals surface area contributed by atoms with Crippen molar-refractivity contribution in [2.75, 3.05) is 7.05 Å². The molecule has 1 heterocycles. The zero-order valence-corrected chi connectivity index (χ0v) is 16.7. The molecule has 0 bridgehead atoms. The average molecular weight is 381 g/mol. The zero-order valence-electron chi connectivity index (χ0n) is 15.9. The van der Waals surface area contributed by atoms with E-state index < -0.39 is 0 Å². The van der Waals surface area contributed by atoms with Crippen molar-refractivity contribution in [3.63, 3.8) is 0 Å². The Morgan fingerprint density at radius 2 is 1.70 bits per heavy atom. The van der Waals surface area contributed by atoms with Gasteiger partial charge in [0.05, 0.1) is 5.25 Å². The van der Waals surface area contributed by atoms with Crippen molar-refractivity contribution >= 4 is 17.7 Å². The van der Waals surface area contributed by atoms with E-state index in [1.807, 2.05) is 74.6 Å². The highest BCUT2D eigenvalue weighted by molar-refractivity contribution is 8.00. The van der Waals surface area contributed by atoms with Gasteiger partial charge < -0.3 is 9.47 Å². The summed E-state index contributed by atoms with van der Waals surface area (Å²) >= 11 is 1.46. The van der Waals surface area contributed by atoms with Gasteiger partial charge in [-0.2, -0.15) is 0 Å². The fraction of sp³-hybridized carbons (Fsp3) is 0.286. The molecule has 140 valence electrons. The third-order valence-corrected chi connectivity index (χ3v) is 5.40. The van der Waals surface area contributed by atoms with Crippen LogP contribution in [0.5, 0.6) is 0 Å². The van der Waals surface area contributed by atoms with Gasteiger partial charge in [0.25, 0.3) is 0 Å².